The number of amides is 2. The number of nitrogens with one attached hydrogen (secondary N) is 1. The highest BCUT2D eigenvalue weighted by Crippen LogP contribution is 2.20. The Bertz CT molecular complexity index is 571. The second-order valence-electron chi connectivity index (χ2n) is 4.95. The van der Waals surface area contributed by atoms with Gasteiger partial charge in [-0.05, 0) is 37.5 Å². The van der Waals surface area contributed by atoms with Gasteiger partial charge in [-0.25, -0.2) is 4.79 Å². The quantitative estimate of drug-likeness (QED) is 0.647. The van der Waals surface area contributed by atoms with Crippen molar-refractivity contribution in [3.05, 3.63) is 29.3 Å². The molecule has 0 aliphatic heterocycles. The van der Waals surface area contributed by atoms with Crippen molar-refractivity contribution in [2.45, 2.75) is 32.7 Å². The van der Waals surface area contributed by atoms with E-state index in [4.69, 9.17) is 15.6 Å². The summed E-state index contributed by atoms with van der Waals surface area (Å²) >= 11 is 0. The number of carboxylic acids is 1. The van der Waals surface area contributed by atoms with E-state index in [1.54, 1.807) is 6.07 Å². The molecule has 1 aromatic carbocycles. The molecule has 0 aliphatic carbocycles. The first-order valence-electron chi connectivity index (χ1n) is 6.80. The van der Waals surface area contributed by atoms with Gasteiger partial charge in [0.15, 0.2) is 6.61 Å². The summed E-state index contributed by atoms with van der Waals surface area (Å²) in [6, 6.07) is 4.30. The summed E-state index contributed by atoms with van der Waals surface area (Å²) in [6.07, 6.45) is -0.172. The van der Waals surface area contributed by atoms with Crippen LogP contribution in [0, 0.1) is 13.8 Å². The van der Waals surface area contributed by atoms with Crippen molar-refractivity contribution >= 4 is 17.8 Å². The molecule has 1 unspecified atom stereocenters. The molecule has 0 aliphatic rings. The summed E-state index contributed by atoms with van der Waals surface area (Å²) in [6.45, 7) is 3.49. The summed E-state index contributed by atoms with van der Waals surface area (Å²) in [7, 11) is 0. The first-order valence-corrected chi connectivity index (χ1v) is 6.80. The van der Waals surface area contributed by atoms with Crippen molar-refractivity contribution in [3.63, 3.8) is 0 Å². The van der Waals surface area contributed by atoms with Crippen LogP contribution in [0.2, 0.25) is 0 Å². The highest BCUT2D eigenvalue weighted by Gasteiger charge is 2.20. The minimum Gasteiger partial charge on any atom is -0.483 e. The number of aryl methyl sites for hydroxylation is 1. The van der Waals surface area contributed by atoms with Crippen LogP contribution < -0.4 is 15.8 Å². The summed E-state index contributed by atoms with van der Waals surface area (Å²) in [5.41, 5.74) is 6.91. The number of carboxylic acid groups (broad SMARTS) is 1. The highest BCUT2D eigenvalue weighted by atomic mass is 16.5. The van der Waals surface area contributed by atoms with E-state index in [0.29, 0.717) is 5.75 Å². The maximum Gasteiger partial charge on any atom is 0.326 e. The number of carbonyl (C=O) groups excluding carboxylic acids is 2. The Kier molecular flexibility index (Phi) is 6.37. The molecule has 2 amide bonds. The van der Waals surface area contributed by atoms with Crippen LogP contribution in [0.5, 0.6) is 5.75 Å². The lowest BCUT2D eigenvalue weighted by Gasteiger charge is -2.15. The minimum absolute atomic E-state index is 0.0557. The molecule has 0 aromatic heterocycles. The van der Waals surface area contributed by atoms with Gasteiger partial charge in [0.25, 0.3) is 5.91 Å². The van der Waals surface area contributed by atoms with Gasteiger partial charge < -0.3 is 20.9 Å². The van der Waals surface area contributed by atoms with Crippen LogP contribution in [0.25, 0.3) is 0 Å². The van der Waals surface area contributed by atoms with Crippen molar-refractivity contribution in [2.75, 3.05) is 6.61 Å². The highest BCUT2D eigenvalue weighted by molar-refractivity contribution is 5.85. The molecule has 0 spiro atoms. The van der Waals surface area contributed by atoms with Gasteiger partial charge in [-0.15, -0.1) is 0 Å². The van der Waals surface area contributed by atoms with Gasteiger partial charge in [0.1, 0.15) is 11.8 Å². The molecule has 0 bridgehead atoms. The maximum absolute atomic E-state index is 11.8. The molecule has 0 heterocycles. The van der Waals surface area contributed by atoms with Crippen LogP contribution in [0.3, 0.4) is 0 Å². The lowest BCUT2D eigenvalue weighted by molar-refractivity contribution is -0.142. The second-order valence-corrected chi connectivity index (χ2v) is 4.95. The predicted octanol–water partition coefficient (Wildman–Crippen LogP) is 0.517. The zero-order chi connectivity index (χ0) is 16.7. The fraction of sp³-hybridized carbons (Fsp3) is 0.400. The fourth-order valence-corrected chi connectivity index (χ4v) is 1.80. The minimum atomic E-state index is -1.22. The number of aliphatic carboxylic acids is 1. The Hall–Kier alpha value is -2.57. The summed E-state index contributed by atoms with van der Waals surface area (Å²) in [5.74, 6) is -1.84. The average molecular weight is 308 g/mol. The largest absolute Gasteiger partial charge is 0.483 e. The molecular formula is C15H20N2O5. The van der Waals surface area contributed by atoms with Crippen molar-refractivity contribution < 1.29 is 24.2 Å². The molecule has 0 radical (unpaired) electrons. The third kappa shape index (κ3) is 5.43. The van der Waals surface area contributed by atoms with Gasteiger partial charge in [-0.3, -0.25) is 9.59 Å². The van der Waals surface area contributed by atoms with E-state index in [0.717, 1.165) is 11.1 Å². The van der Waals surface area contributed by atoms with E-state index >= 15 is 0 Å². The van der Waals surface area contributed by atoms with Crippen LogP contribution in [0.4, 0.5) is 0 Å². The zero-order valence-corrected chi connectivity index (χ0v) is 12.6. The summed E-state index contributed by atoms with van der Waals surface area (Å²) in [4.78, 5) is 33.5. The topological polar surface area (TPSA) is 119 Å². The average Bonchev–Trinajstić information content (AvgIpc) is 2.44. The number of rotatable bonds is 8. The van der Waals surface area contributed by atoms with Gasteiger partial charge in [0.05, 0.1) is 0 Å². The maximum atomic E-state index is 11.8. The van der Waals surface area contributed by atoms with Crippen LogP contribution in [0.1, 0.15) is 24.0 Å². The Morgan fingerprint density at radius 1 is 1.32 bits per heavy atom. The second kappa shape index (κ2) is 8.02. The third-order valence-electron chi connectivity index (χ3n) is 3.23. The van der Waals surface area contributed by atoms with E-state index in [9.17, 15) is 14.4 Å². The van der Waals surface area contributed by atoms with E-state index in [1.807, 2.05) is 26.0 Å². The Balaban J connectivity index is 2.55. The number of carbonyl (C=O) groups is 3. The molecule has 0 saturated carbocycles. The number of hydrogen-bond acceptors (Lipinski definition) is 4. The smallest absolute Gasteiger partial charge is 0.326 e. The molecule has 4 N–H and O–H groups in total. The first-order chi connectivity index (χ1) is 10.3. The normalized spacial score (nSPS) is 11.5. The van der Waals surface area contributed by atoms with Crippen LogP contribution in [-0.2, 0) is 14.4 Å². The number of ether oxygens (including phenoxy) is 1. The van der Waals surface area contributed by atoms with Gasteiger partial charge in [-0.2, -0.15) is 0 Å². The Morgan fingerprint density at radius 3 is 2.59 bits per heavy atom. The lowest BCUT2D eigenvalue weighted by Crippen LogP contribution is -2.43. The van der Waals surface area contributed by atoms with Gasteiger partial charge in [0, 0.05) is 6.42 Å². The summed E-state index contributed by atoms with van der Waals surface area (Å²) in [5, 5.41) is 11.3. The van der Waals surface area contributed by atoms with Gasteiger partial charge in [0.2, 0.25) is 5.91 Å². The van der Waals surface area contributed by atoms with Gasteiger partial charge in [-0.1, -0.05) is 12.1 Å². The number of hydrogen-bond donors (Lipinski definition) is 3. The van der Waals surface area contributed by atoms with Crippen molar-refractivity contribution in [3.8, 4) is 5.75 Å². The Labute approximate surface area is 128 Å². The van der Waals surface area contributed by atoms with E-state index < -0.39 is 23.8 Å². The molecule has 7 heteroatoms. The molecular weight excluding hydrogens is 288 g/mol. The number of nitrogens with two attached hydrogens (primary N) is 1. The molecule has 7 nitrogen and oxygen atoms in total. The molecule has 0 fully saturated rings. The van der Waals surface area contributed by atoms with Crippen LogP contribution >= 0.6 is 0 Å². The SMILES string of the molecule is Cc1cccc(OCC(=O)NC(CCC(N)=O)C(=O)O)c1C. The standard InChI is InChI=1S/C15H20N2O5/c1-9-4-3-5-12(10(9)2)22-8-14(19)17-11(15(20)21)6-7-13(16)18/h3-5,11H,6-8H2,1-2H3,(H2,16,18)(H,17,19)(H,20,21). The predicted molar refractivity (Wildman–Crippen MR) is 79.4 cm³/mol. The van der Waals surface area contributed by atoms with E-state index in [1.165, 1.54) is 0 Å². The summed E-state index contributed by atoms with van der Waals surface area (Å²) < 4.78 is 5.39. The van der Waals surface area contributed by atoms with Crippen LogP contribution in [0.15, 0.2) is 18.2 Å². The molecule has 0 saturated heterocycles. The molecule has 1 atom stereocenters. The molecule has 1 aromatic rings. The van der Waals surface area contributed by atoms with Gasteiger partial charge >= 0.3 is 5.97 Å². The van der Waals surface area contributed by atoms with Crippen LogP contribution in [-0.4, -0.2) is 35.5 Å². The Morgan fingerprint density at radius 2 is 2.00 bits per heavy atom. The first kappa shape index (κ1) is 17.5. The monoisotopic (exact) mass is 308 g/mol. The van der Waals surface area contributed by atoms with E-state index in [2.05, 4.69) is 5.32 Å². The molecule has 22 heavy (non-hydrogen) atoms. The van der Waals surface area contributed by atoms with E-state index in [-0.39, 0.29) is 19.4 Å². The molecule has 1 rings (SSSR count). The number of benzene rings is 1. The number of primary amides is 1. The van der Waals surface area contributed by atoms with Crippen molar-refractivity contribution in [2.24, 2.45) is 5.73 Å². The third-order valence-corrected chi connectivity index (χ3v) is 3.23. The lowest BCUT2D eigenvalue weighted by atomic mass is 10.1. The van der Waals surface area contributed by atoms with Crippen molar-refractivity contribution in [1.82, 2.24) is 5.32 Å². The molecule has 120 valence electrons. The fourth-order valence-electron chi connectivity index (χ4n) is 1.80. The zero-order valence-electron chi connectivity index (χ0n) is 12.6. The van der Waals surface area contributed by atoms with Crippen molar-refractivity contribution in [1.29, 1.82) is 0 Å².